The maximum absolute atomic E-state index is 11.3. The van der Waals surface area contributed by atoms with E-state index in [0.717, 1.165) is 25.8 Å². The van der Waals surface area contributed by atoms with Gasteiger partial charge in [-0.2, -0.15) is 5.10 Å². The first kappa shape index (κ1) is 17.1. The summed E-state index contributed by atoms with van der Waals surface area (Å²) in [5.41, 5.74) is 0. The van der Waals surface area contributed by atoms with Gasteiger partial charge in [-0.15, -0.1) is 5.10 Å². The molecule has 10 heteroatoms. The van der Waals surface area contributed by atoms with E-state index in [9.17, 15) is 9.90 Å². The standard InChI is InChI=1S/C17H19N7O3/c25-15(26)10-24-16(13-8-4-5-9-23-17(13)19-21-22-23)18-14(20-24)11-27-12-6-2-1-3-7-12/h1-3,6-7,13H,4-5,8-11H2,(H,25,26)/t13-/m0/s1. The highest BCUT2D eigenvalue weighted by Gasteiger charge is 2.29. The fourth-order valence-electron chi connectivity index (χ4n) is 3.23. The zero-order valence-electron chi connectivity index (χ0n) is 14.6. The van der Waals surface area contributed by atoms with Crippen molar-refractivity contribution in [2.45, 2.75) is 44.9 Å². The van der Waals surface area contributed by atoms with Gasteiger partial charge in [0.2, 0.25) is 0 Å². The number of nitrogens with zero attached hydrogens (tertiary/aromatic N) is 7. The van der Waals surface area contributed by atoms with Crippen LogP contribution in [0, 0.1) is 0 Å². The molecule has 0 bridgehead atoms. The van der Waals surface area contributed by atoms with Gasteiger partial charge in [-0.05, 0) is 35.4 Å². The van der Waals surface area contributed by atoms with Crippen molar-refractivity contribution in [2.75, 3.05) is 0 Å². The van der Waals surface area contributed by atoms with Crippen LogP contribution in [-0.4, -0.2) is 46.0 Å². The molecule has 0 saturated carbocycles. The van der Waals surface area contributed by atoms with E-state index < -0.39 is 5.97 Å². The first-order chi connectivity index (χ1) is 13.2. The molecule has 0 unspecified atom stereocenters. The van der Waals surface area contributed by atoms with E-state index >= 15 is 0 Å². The normalized spacial score (nSPS) is 16.5. The molecule has 1 aromatic carbocycles. The second kappa shape index (κ2) is 7.52. The molecule has 1 aliphatic heterocycles. The molecule has 2 aromatic heterocycles. The van der Waals surface area contributed by atoms with Crippen LogP contribution < -0.4 is 4.74 Å². The monoisotopic (exact) mass is 369 g/mol. The van der Waals surface area contributed by atoms with Gasteiger partial charge in [0, 0.05) is 6.54 Å². The smallest absolute Gasteiger partial charge is 0.325 e. The summed E-state index contributed by atoms with van der Waals surface area (Å²) in [6, 6.07) is 9.34. The Morgan fingerprint density at radius 3 is 2.89 bits per heavy atom. The van der Waals surface area contributed by atoms with Crippen molar-refractivity contribution in [1.82, 2.24) is 35.0 Å². The number of benzene rings is 1. The third-order valence-electron chi connectivity index (χ3n) is 4.44. The predicted octanol–water partition coefficient (Wildman–Crippen LogP) is 1.24. The molecule has 0 radical (unpaired) electrons. The summed E-state index contributed by atoms with van der Waals surface area (Å²) in [5.74, 6) is 1.21. The molecule has 140 valence electrons. The van der Waals surface area contributed by atoms with Crippen molar-refractivity contribution in [3.05, 3.63) is 47.8 Å². The molecule has 1 aliphatic rings. The van der Waals surface area contributed by atoms with Crippen LogP contribution in [0.1, 0.15) is 42.7 Å². The summed E-state index contributed by atoms with van der Waals surface area (Å²) in [4.78, 5) is 15.9. The van der Waals surface area contributed by atoms with Crippen LogP contribution in [-0.2, 0) is 24.5 Å². The highest BCUT2D eigenvalue weighted by atomic mass is 16.5. The third-order valence-corrected chi connectivity index (χ3v) is 4.44. The maximum Gasteiger partial charge on any atom is 0.325 e. The topological polar surface area (TPSA) is 121 Å². The Morgan fingerprint density at radius 1 is 1.22 bits per heavy atom. The lowest BCUT2D eigenvalue weighted by molar-refractivity contribution is -0.137. The van der Waals surface area contributed by atoms with E-state index in [1.165, 1.54) is 4.68 Å². The van der Waals surface area contributed by atoms with Crippen LogP contribution in [0.2, 0.25) is 0 Å². The molecule has 1 atom stereocenters. The minimum absolute atomic E-state index is 0.154. The lowest BCUT2D eigenvalue weighted by atomic mass is 10.0. The number of aromatic nitrogens is 7. The lowest BCUT2D eigenvalue weighted by Crippen LogP contribution is -2.18. The van der Waals surface area contributed by atoms with Crippen molar-refractivity contribution < 1.29 is 14.6 Å². The average Bonchev–Trinajstić information content (AvgIpc) is 3.23. The summed E-state index contributed by atoms with van der Waals surface area (Å²) in [5, 5.41) is 25.5. The minimum atomic E-state index is -0.982. The summed E-state index contributed by atoms with van der Waals surface area (Å²) >= 11 is 0. The number of hydrogen-bond acceptors (Lipinski definition) is 7. The van der Waals surface area contributed by atoms with Gasteiger partial charge in [-0.25, -0.2) is 14.3 Å². The summed E-state index contributed by atoms with van der Waals surface area (Å²) in [6.07, 6.45) is 2.72. The first-order valence-electron chi connectivity index (χ1n) is 8.80. The Kier molecular flexibility index (Phi) is 4.77. The van der Waals surface area contributed by atoms with Crippen LogP contribution in [0.15, 0.2) is 30.3 Å². The van der Waals surface area contributed by atoms with Crippen LogP contribution in [0.4, 0.5) is 0 Å². The summed E-state index contributed by atoms with van der Waals surface area (Å²) < 4.78 is 8.88. The van der Waals surface area contributed by atoms with E-state index in [1.807, 2.05) is 30.3 Å². The number of carboxylic acids is 1. The van der Waals surface area contributed by atoms with Crippen LogP contribution in [0.25, 0.3) is 0 Å². The second-order valence-corrected chi connectivity index (χ2v) is 6.35. The Morgan fingerprint density at radius 2 is 2.07 bits per heavy atom. The number of ether oxygens (including phenoxy) is 1. The van der Waals surface area contributed by atoms with Gasteiger partial charge in [0.05, 0.1) is 5.92 Å². The molecule has 3 heterocycles. The number of carboxylic acid groups (broad SMARTS) is 1. The van der Waals surface area contributed by atoms with Gasteiger partial charge >= 0.3 is 5.97 Å². The molecule has 27 heavy (non-hydrogen) atoms. The number of carbonyl (C=O) groups is 1. The Labute approximate surface area is 154 Å². The molecule has 0 saturated heterocycles. The van der Waals surface area contributed by atoms with E-state index in [1.54, 1.807) is 4.68 Å². The van der Waals surface area contributed by atoms with Crippen molar-refractivity contribution in [3.63, 3.8) is 0 Å². The van der Waals surface area contributed by atoms with Crippen LogP contribution in [0.3, 0.4) is 0 Å². The van der Waals surface area contributed by atoms with Gasteiger partial charge in [-0.3, -0.25) is 4.79 Å². The molecule has 0 amide bonds. The SMILES string of the molecule is O=C(O)Cn1nc(COc2ccccc2)nc1[C@@H]1CCCCn2nnnc21. The summed E-state index contributed by atoms with van der Waals surface area (Å²) in [6.45, 7) is 0.628. The largest absolute Gasteiger partial charge is 0.486 e. The van der Waals surface area contributed by atoms with Crippen molar-refractivity contribution in [2.24, 2.45) is 0 Å². The maximum atomic E-state index is 11.3. The number of rotatable bonds is 6. The molecular weight excluding hydrogens is 350 g/mol. The zero-order chi connectivity index (χ0) is 18.6. The number of hydrogen-bond donors (Lipinski definition) is 1. The molecule has 4 rings (SSSR count). The van der Waals surface area contributed by atoms with Gasteiger partial charge < -0.3 is 9.84 Å². The highest BCUT2D eigenvalue weighted by Crippen LogP contribution is 2.29. The van der Waals surface area contributed by atoms with Gasteiger partial charge in [0.25, 0.3) is 0 Å². The van der Waals surface area contributed by atoms with E-state index in [4.69, 9.17) is 4.74 Å². The highest BCUT2D eigenvalue weighted by molar-refractivity contribution is 5.66. The van der Waals surface area contributed by atoms with Gasteiger partial charge in [0.15, 0.2) is 11.6 Å². The molecule has 10 nitrogen and oxygen atoms in total. The molecule has 0 fully saturated rings. The van der Waals surface area contributed by atoms with E-state index in [-0.39, 0.29) is 19.1 Å². The molecular formula is C17H19N7O3. The fraction of sp³-hybridized carbons (Fsp3) is 0.412. The van der Waals surface area contributed by atoms with E-state index in [2.05, 4.69) is 25.6 Å². The van der Waals surface area contributed by atoms with Gasteiger partial charge in [0.1, 0.15) is 24.7 Å². The number of para-hydroxylation sites is 1. The van der Waals surface area contributed by atoms with E-state index in [0.29, 0.717) is 23.2 Å². The first-order valence-corrected chi connectivity index (χ1v) is 8.80. The Hall–Kier alpha value is -3.30. The molecule has 0 aliphatic carbocycles. The van der Waals surface area contributed by atoms with Crippen molar-refractivity contribution in [1.29, 1.82) is 0 Å². The number of fused-ring (bicyclic) bond motifs is 1. The summed E-state index contributed by atoms with van der Waals surface area (Å²) in [7, 11) is 0. The van der Waals surface area contributed by atoms with Crippen molar-refractivity contribution >= 4 is 5.97 Å². The van der Waals surface area contributed by atoms with Gasteiger partial charge in [-0.1, -0.05) is 24.6 Å². The number of tetrazole rings is 1. The molecule has 1 N–H and O–H groups in total. The fourth-order valence-corrected chi connectivity index (χ4v) is 3.23. The minimum Gasteiger partial charge on any atom is -0.486 e. The quantitative estimate of drug-likeness (QED) is 0.689. The predicted molar refractivity (Wildman–Crippen MR) is 91.9 cm³/mol. The third kappa shape index (κ3) is 3.78. The lowest BCUT2D eigenvalue weighted by Gasteiger charge is -2.12. The number of aryl methyl sites for hydroxylation is 1. The van der Waals surface area contributed by atoms with Crippen LogP contribution >= 0.6 is 0 Å². The average molecular weight is 369 g/mol. The number of aliphatic carboxylic acids is 1. The molecule has 0 spiro atoms. The Bertz CT molecular complexity index is 922. The van der Waals surface area contributed by atoms with Crippen LogP contribution in [0.5, 0.6) is 5.75 Å². The van der Waals surface area contributed by atoms with Crippen molar-refractivity contribution in [3.8, 4) is 5.75 Å². The molecule has 3 aromatic rings. The second-order valence-electron chi connectivity index (χ2n) is 6.35. The Balaban J connectivity index is 1.63. The zero-order valence-corrected chi connectivity index (χ0v) is 14.6.